The highest BCUT2D eigenvalue weighted by Crippen LogP contribution is 2.25. The molecular weight excluding hydrogens is 320 g/mol. The van der Waals surface area contributed by atoms with Crippen molar-refractivity contribution in [2.24, 2.45) is 11.5 Å². The summed E-state index contributed by atoms with van der Waals surface area (Å²) >= 11 is 0. The molecule has 1 atom stereocenters. The average Bonchev–Trinajstić information content (AvgIpc) is 2.46. The van der Waals surface area contributed by atoms with Crippen LogP contribution < -0.4 is 16.7 Å². The fourth-order valence-electron chi connectivity index (χ4n) is 2.48. The lowest BCUT2D eigenvalue weighted by Crippen LogP contribution is -2.65. The summed E-state index contributed by atoms with van der Waals surface area (Å²) in [5.41, 5.74) is 11.4. The van der Waals surface area contributed by atoms with Crippen LogP contribution in [-0.2, 0) is 13.3 Å². The van der Waals surface area contributed by atoms with Gasteiger partial charge in [0.25, 0.3) is 0 Å². The van der Waals surface area contributed by atoms with Crippen molar-refractivity contribution in [1.82, 2.24) is 0 Å². The Morgan fingerprint density at radius 1 is 1.00 bits per heavy atom. The minimum Gasteiger partial charge on any atom is -0.367 e. The highest BCUT2D eigenvalue weighted by atomic mass is 28.4. The normalized spacial score (nSPS) is 14.4. The molecule has 0 aromatic heterocycles. The molecule has 6 heteroatoms. The van der Waals surface area contributed by atoms with E-state index >= 15 is 0 Å². The lowest BCUT2D eigenvalue weighted by molar-refractivity contribution is -0.0381. The van der Waals surface area contributed by atoms with Crippen molar-refractivity contribution in [1.29, 1.82) is 0 Å². The largest absolute Gasteiger partial charge is 0.538 e. The van der Waals surface area contributed by atoms with Gasteiger partial charge in [-0.05, 0) is 54.5 Å². The van der Waals surface area contributed by atoms with E-state index in [1.807, 2.05) is 71.9 Å². The zero-order chi connectivity index (χ0) is 18.4. The minimum absolute atomic E-state index is 0.0304. The first-order valence-electron chi connectivity index (χ1n) is 8.70. The molecule has 0 bridgehead atoms. The van der Waals surface area contributed by atoms with Crippen molar-refractivity contribution in [3.63, 3.8) is 0 Å². The molecule has 1 unspecified atom stereocenters. The molecule has 0 aliphatic carbocycles. The smallest absolute Gasteiger partial charge is 0.367 e. The molecule has 0 spiro atoms. The third-order valence-electron chi connectivity index (χ3n) is 3.68. The van der Waals surface area contributed by atoms with Crippen molar-refractivity contribution in [2.75, 3.05) is 6.54 Å². The quantitative estimate of drug-likeness (QED) is 0.629. The maximum absolute atomic E-state index is 6.56. The van der Waals surface area contributed by atoms with Gasteiger partial charge in [0.1, 0.15) is 0 Å². The summed E-state index contributed by atoms with van der Waals surface area (Å²) in [6.45, 7) is 12.4. The van der Waals surface area contributed by atoms with Crippen molar-refractivity contribution in [3.8, 4) is 0 Å². The average molecular weight is 355 g/mol. The Labute approximate surface area is 148 Å². The van der Waals surface area contributed by atoms with E-state index in [9.17, 15) is 0 Å². The van der Waals surface area contributed by atoms with Gasteiger partial charge in [-0.2, -0.15) is 0 Å². The van der Waals surface area contributed by atoms with Gasteiger partial charge in [0.05, 0.1) is 5.60 Å². The van der Waals surface area contributed by atoms with E-state index in [-0.39, 0.29) is 18.2 Å². The van der Waals surface area contributed by atoms with Gasteiger partial charge < -0.3 is 24.7 Å². The summed E-state index contributed by atoms with van der Waals surface area (Å²) < 4.78 is 19.2. The van der Waals surface area contributed by atoms with E-state index in [0.29, 0.717) is 13.0 Å². The van der Waals surface area contributed by atoms with Crippen molar-refractivity contribution < 1.29 is 13.3 Å². The minimum atomic E-state index is -3.15. The summed E-state index contributed by atoms with van der Waals surface area (Å²) in [7, 11) is -3.15. The molecular formula is C18H34N2O3Si. The van der Waals surface area contributed by atoms with Gasteiger partial charge in [-0.3, -0.25) is 0 Å². The topological polar surface area (TPSA) is 79.7 Å². The summed E-state index contributed by atoms with van der Waals surface area (Å²) in [4.78, 5) is 0. The van der Waals surface area contributed by atoms with E-state index in [1.54, 1.807) is 0 Å². The second kappa shape index (κ2) is 9.08. The maximum Gasteiger partial charge on any atom is 0.538 e. The van der Waals surface area contributed by atoms with E-state index < -0.39 is 14.4 Å². The summed E-state index contributed by atoms with van der Waals surface area (Å²) in [6.07, 6.45) is 0.615. The highest BCUT2D eigenvalue weighted by molar-refractivity contribution is 6.75. The van der Waals surface area contributed by atoms with Crippen LogP contribution in [-0.4, -0.2) is 39.2 Å². The van der Waals surface area contributed by atoms with Crippen LogP contribution in [0.4, 0.5) is 0 Å². The van der Waals surface area contributed by atoms with Crippen molar-refractivity contribution in [3.05, 3.63) is 30.3 Å². The molecule has 0 radical (unpaired) electrons. The van der Waals surface area contributed by atoms with Crippen LogP contribution >= 0.6 is 0 Å². The van der Waals surface area contributed by atoms with Crippen LogP contribution in [0.15, 0.2) is 30.3 Å². The Bertz CT molecular complexity index is 470. The molecule has 1 aromatic carbocycles. The lowest BCUT2D eigenvalue weighted by Gasteiger charge is -2.42. The molecule has 1 rings (SSSR count). The molecule has 1 aromatic rings. The van der Waals surface area contributed by atoms with E-state index in [1.165, 1.54) is 0 Å². The number of hydrogen-bond donors (Lipinski definition) is 2. The number of hydrogen-bond acceptors (Lipinski definition) is 5. The SMILES string of the molecule is CC(C)O[Si](OC(C)C)(OC(C)(C)C(N)CCN)c1ccccc1. The van der Waals surface area contributed by atoms with Crippen LogP contribution in [0.5, 0.6) is 0 Å². The Morgan fingerprint density at radius 2 is 1.50 bits per heavy atom. The first-order chi connectivity index (χ1) is 11.1. The van der Waals surface area contributed by atoms with Gasteiger partial charge in [0, 0.05) is 23.4 Å². The second-order valence-electron chi connectivity index (χ2n) is 7.14. The van der Waals surface area contributed by atoms with E-state index in [0.717, 1.165) is 5.19 Å². The van der Waals surface area contributed by atoms with Gasteiger partial charge in [0.15, 0.2) is 0 Å². The molecule has 4 N–H and O–H groups in total. The van der Waals surface area contributed by atoms with Crippen LogP contribution in [0, 0.1) is 0 Å². The molecule has 0 aliphatic rings. The van der Waals surface area contributed by atoms with Gasteiger partial charge in [-0.25, -0.2) is 0 Å². The van der Waals surface area contributed by atoms with Crippen LogP contribution in [0.25, 0.3) is 0 Å². The first kappa shape index (κ1) is 21.3. The van der Waals surface area contributed by atoms with Gasteiger partial charge >= 0.3 is 8.80 Å². The van der Waals surface area contributed by atoms with Crippen molar-refractivity contribution in [2.45, 2.75) is 71.8 Å². The fraction of sp³-hybridized carbons (Fsp3) is 0.667. The van der Waals surface area contributed by atoms with Gasteiger partial charge in [0.2, 0.25) is 0 Å². The molecule has 0 heterocycles. The molecule has 0 aliphatic heterocycles. The standard InChI is InChI=1S/C18H34N2O3Si/c1-14(2)21-24(22-15(3)4,16-10-8-7-9-11-16)23-18(5,6)17(20)12-13-19/h7-11,14-15,17H,12-13,19-20H2,1-6H3. The van der Waals surface area contributed by atoms with Gasteiger partial charge in [-0.1, -0.05) is 30.3 Å². The molecule has 0 saturated carbocycles. The molecule has 0 saturated heterocycles. The zero-order valence-electron chi connectivity index (χ0n) is 15.9. The summed E-state index contributed by atoms with van der Waals surface area (Å²) in [5, 5.41) is 0.945. The molecule has 5 nitrogen and oxygen atoms in total. The highest BCUT2D eigenvalue weighted by Gasteiger charge is 2.50. The second-order valence-corrected chi connectivity index (χ2v) is 9.51. The molecule has 24 heavy (non-hydrogen) atoms. The Kier molecular flexibility index (Phi) is 8.05. The maximum atomic E-state index is 6.56. The third-order valence-corrected chi connectivity index (χ3v) is 7.08. The molecule has 0 amide bonds. The summed E-state index contributed by atoms with van der Waals surface area (Å²) in [5.74, 6) is 0. The molecule has 138 valence electrons. The first-order valence-corrected chi connectivity index (χ1v) is 10.4. The number of rotatable bonds is 10. The van der Waals surface area contributed by atoms with Gasteiger partial charge in [-0.15, -0.1) is 0 Å². The Morgan fingerprint density at radius 3 is 1.92 bits per heavy atom. The van der Waals surface area contributed by atoms with Crippen LogP contribution in [0.2, 0.25) is 0 Å². The summed E-state index contributed by atoms with van der Waals surface area (Å²) in [6, 6.07) is 9.72. The van der Waals surface area contributed by atoms with Crippen LogP contribution in [0.1, 0.15) is 48.0 Å². The predicted molar refractivity (Wildman–Crippen MR) is 101 cm³/mol. The number of nitrogens with two attached hydrogens (primary N) is 2. The Hall–Kier alpha value is -0.763. The predicted octanol–water partition coefficient (Wildman–Crippen LogP) is 2.15. The monoisotopic (exact) mass is 354 g/mol. The molecule has 0 fully saturated rings. The van der Waals surface area contributed by atoms with E-state index in [2.05, 4.69) is 0 Å². The van der Waals surface area contributed by atoms with Crippen molar-refractivity contribution >= 4 is 14.0 Å². The third kappa shape index (κ3) is 5.95. The lowest BCUT2D eigenvalue weighted by atomic mass is 9.97. The fourth-order valence-corrected chi connectivity index (χ4v) is 5.71. The number of benzene rings is 1. The van der Waals surface area contributed by atoms with Crippen LogP contribution in [0.3, 0.4) is 0 Å². The zero-order valence-corrected chi connectivity index (χ0v) is 16.9. The van der Waals surface area contributed by atoms with E-state index in [4.69, 9.17) is 24.7 Å². The Balaban J connectivity index is 3.29.